The maximum absolute atomic E-state index is 12.5. The molecule has 0 atom stereocenters. The van der Waals surface area contributed by atoms with E-state index in [-0.39, 0.29) is 17.9 Å². The maximum Gasteiger partial charge on any atom is 0.340 e. The van der Waals surface area contributed by atoms with Gasteiger partial charge in [0.25, 0.3) is 5.91 Å². The fourth-order valence-electron chi connectivity index (χ4n) is 2.49. The van der Waals surface area contributed by atoms with E-state index in [1.165, 1.54) is 6.20 Å². The lowest BCUT2D eigenvalue weighted by Gasteiger charge is -2.11. The summed E-state index contributed by atoms with van der Waals surface area (Å²) in [5.74, 6) is -0.924. The van der Waals surface area contributed by atoms with E-state index in [4.69, 9.17) is 16.3 Å². The highest BCUT2D eigenvalue weighted by Gasteiger charge is 2.15. The van der Waals surface area contributed by atoms with E-state index in [0.29, 0.717) is 16.4 Å². The molecular formula is C21H18ClN3O3. The number of hydrogen-bond acceptors (Lipinski definition) is 5. The van der Waals surface area contributed by atoms with Crippen molar-refractivity contribution in [2.24, 2.45) is 0 Å². The summed E-state index contributed by atoms with van der Waals surface area (Å²) in [4.78, 5) is 28.7. The minimum absolute atomic E-state index is 0.211. The Morgan fingerprint density at radius 3 is 2.39 bits per heavy atom. The Morgan fingerprint density at radius 1 is 1.00 bits per heavy atom. The number of pyridine rings is 1. The molecule has 1 heterocycles. The molecular weight excluding hydrogens is 378 g/mol. The normalized spacial score (nSPS) is 10.2. The van der Waals surface area contributed by atoms with Crippen LogP contribution in [-0.4, -0.2) is 23.5 Å². The molecule has 0 spiro atoms. The molecule has 3 rings (SSSR count). The Morgan fingerprint density at radius 2 is 1.71 bits per heavy atom. The number of anilines is 3. The first-order valence-electron chi connectivity index (χ1n) is 8.63. The van der Waals surface area contributed by atoms with Gasteiger partial charge in [-0.3, -0.25) is 4.79 Å². The van der Waals surface area contributed by atoms with Crippen molar-refractivity contribution >= 4 is 40.5 Å². The molecule has 0 radical (unpaired) electrons. The van der Waals surface area contributed by atoms with Crippen LogP contribution in [0, 0.1) is 0 Å². The summed E-state index contributed by atoms with van der Waals surface area (Å²) >= 11 is 6.12. The average Bonchev–Trinajstić information content (AvgIpc) is 2.71. The number of nitrogens with zero attached hydrogens (tertiary/aromatic N) is 1. The number of nitrogens with one attached hydrogen (secondary N) is 2. The van der Waals surface area contributed by atoms with Gasteiger partial charge in [0.1, 0.15) is 5.69 Å². The van der Waals surface area contributed by atoms with Crippen LogP contribution in [0.15, 0.2) is 66.9 Å². The molecule has 6 nitrogen and oxygen atoms in total. The molecule has 1 aromatic heterocycles. The van der Waals surface area contributed by atoms with E-state index < -0.39 is 11.9 Å². The monoisotopic (exact) mass is 395 g/mol. The van der Waals surface area contributed by atoms with Crippen molar-refractivity contribution in [3.8, 4) is 0 Å². The number of halogens is 1. The van der Waals surface area contributed by atoms with Gasteiger partial charge in [-0.25, -0.2) is 9.78 Å². The van der Waals surface area contributed by atoms with Crippen LogP contribution in [-0.2, 0) is 4.74 Å². The van der Waals surface area contributed by atoms with Gasteiger partial charge in [-0.2, -0.15) is 0 Å². The van der Waals surface area contributed by atoms with Crippen LogP contribution in [0.1, 0.15) is 27.8 Å². The minimum Gasteiger partial charge on any atom is -0.462 e. The van der Waals surface area contributed by atoms with Gasteiger partial charge in [0.2, 0.25) is 0 Å². The van der Waals surface area contributed by atoms with Crippen molar-refractivity contribution in [1.82, 2.24) is 4.98 Å². The number of ether oxygens (including phenoxy) is 1. The molecule has 0 saturated carbocycles. The zero-order valence-corrected chi connectivity index (χ0v) is 15.9. The molecule has 0 aliphatic carbocycles. The van der Waals surface area contributed by atoms with Gasteiger partial charge in [-0.05, 0) is 43.3 Å². The Kier molecular flexibility index (Phi) is 6.24. The molecule has 7 heteroatoms. The maximum atomic E-state index is 12.5. The third-order valence-electron chi connectivity index (χ3n) is 3.82. The van der Waals surface area contributed by atoms with Gasteiger partial charge in [0, 0.05) is 0 Å². The average molecular weight is 396 g/mol. The van der Waals surface area contributed by atoms with E-state index in [9.17, 15) is 9.59 Å². The molecule has 2 aromatic carbocycles. The summed E-state index contributed by atoms with van der Waals surface area (Å²) in [5, 5.41) is 6.42. The molecule has 0 bridgehead atoms. The van der Waals surface area contributed by atoms with E-state index in [0.717, 1.165) is 5.69 Å². The SMILES string of the molecule is CCOC(=O)c1ccccc1NC(=O)c1ccc(Nc2ccccc2Cl)cn1. The topological polar surface area (TPSA) is 80.3 Å². The first-order valence-corrected chi connectivity index (χ1v) is 9.01. The Hall–Kier alpha value is -3.38. The summed E-state index contributed by atoms with van der Waals surface area (Å²) in [6.45, 7) is 1.98. The molecule has 142 valence electrons. The van der Waals surface area contributed by atoms with Gasteiger partial charge < -0.3 is 15.4 Å². The number of hydrogen-bond donors (Lipinski definition) is 2. The van der Waals surface area contributed by atoms with Crippen molar-refractivity contribution in [2.75, 3.05) is 17.2 Å². The number of esters is 1. The highest BCUT2D eigenvalue weighted by Crippen LogP contribution is 2.24. The highest BCUT2D eigenvalue weighted by atomic mass is 35.5. The van der Waals surface area contributed by atoms with Crippen LogP contribution in [0.4, 0.5) is 17.1 Å². The first-order chi connectivity index (χ1) is 13.6. The number of carbonyl (C=O) groups is 2. The summed E-state index contributed by atoms with van der Waals surface area (Å²) < 4.78 is 5.01. The number of benzene rings is 2. The summed E-state index contributed by atoms with van der Waals surface area (Å²) in [5.41, 5.74) is 2.30. The zero-order valence-electron chi connectivity index (χ0n) is 15.1. The predicted molar refractivity (Wildman–Crippen MR) is 109 cm³/mol. The lowest BCUT2D eigenvalue weighted by atomic mass is 10.1. The quantitative estimate of drug-likeness (QED) is 0.580. The molecule has 2 N–H and O–H groups in total. The van der Waals surface area contributed by atoms with Gasteiger partial charge in [0.15, 0.2) is 0 Å². The summed E-state index contributed by atoms with van der Waals surface area (Å²) in [6, 6.07) is 17.3. The standard InChI is InChI=1S/C21H18ClN3O3/c1-2-28-21(27)15-7-3-5-9-17(15)25-20(26)19-12-11-14(13-23-19)24-18-10-6-4-8-16(18)22/h3-13,24H,2H2,1H3,(H,25,26). The number of aromatic nitrogens is 1. The van der Waals surface area contributed by atoms with Gasteiger partial charge >= 0.3 is 5.97 Å². The van der Waals surface area contributed by atoms with E-state index in [1.807, 2.05) is 18.2 Å². The van der Waals surface area contributed by atoms with Gasteiger partial charge in [0.05, 0.1) is 40.5 Å². The van der Waals surface area contributed by atoms with Crippen LogP contribution >= 0.6 is 11.6 Å². The van der Waals surface area contributed by atoms with E-state index >= 15 is 0 Å². The van der Waals surface area contributed by atoms with Crippen LogP contribution in [0.25, 0.3) is 0 Å². The van der Waals surface area contributed by atoms with Crippen molar-refractivity contribution in [1.29, 1.82) is 0 Å². The second-order valence-electron chi connectivity index (χ2n) is 5.76. The fourth-order valence-corrected chi connectivity index (χ4v) is 2.67. The van der Waals surface area contributed by atoms with Crippen molar-refractivity contribution < 1.29 is 14.3 Å². The van der Waals surface area contributed by atoms with Gasteiger partial charge in [-0.15, -0.1) is 0 Å². The molecule has 0 fully saturated rings. The Bertz CT molecular complexity index is 990. The largest absolute Gasteiger partial charge is 0.462 e. The second kappa shape index (κ2) is 9.01. The molecule has 3 aromatic rings. The minimum atomic E-state index is -0.495. The number of carbonyl (C=O) groups excluding carboxylic acids is 2. The molecule has 28 heavy (non-hydrogen) atoms. The van der Waals surface area contributed by atoms with Crippen molar-refractivity contribution in [3.05, 3.63) is 83.1 Å². The highest BCUT2D eigenvalue weighted by molar-refractivity contribution is 6.33. The Labute approximate surface area is 167 Å². The number of rotatable bonds is 6. The molecule has 0 saturated heterocycles. The van der Waals surface area contributed by atoms with Crippen LogP contribution in [0.2, 0.25) is 5.02 Å². The lowest BCUT2D eigenvalue weighted by molar-refractivity contribution is 0.0527. The third-order valence-corrected chi connectivity index (χ3v) is 4.15. The second-order valence-corrected chi connectivity index (χ2v) is 6.16. The smallest absolute Gasteiger partial charge is 0.340 e. The van der Waals surface area contributed by atoms with E-state index in [1.54, 1.807) is 49.4 Å². The molecule has 0 aliphatic heterocycles. The van der Waals surface area contributed by atoms with Crippen LogP contribution < -0.4 is 10.6 Å². The molecule has 1 amide bonds. The van der Waals surface area contributed by atoms with Crippen LogP contribution in [0.5, 0.6) is 0 Å². The van der Waals surface area contributed by atoms with E-state index in [2.05, 4.69) is 15.6 Å². The summed E-state index contributed by atoms with van der Waals surface area (Å²) in [6.07, 6.45) is 1.54. The van der Waals surface area contributed by atoms with Gasteiger partial charge in [-0.1, -0.05) is 35.9 Å². The molecule has 0 aliphatic rings. The third kappa shape index (κ3) is 4.66. The van der Waals surface area contributed by atoms with Crippen LogP contribution in [0.3, 0.4) is 0 Å². The molecule has 0 unspecified atom stereocenters. The first kappa shape index (κ1) is 19.4. The summed E-state index contributed by atoms with van der Waals surface area (Å²) in [7, 11) is 0. The number of amides is 1. The zero-order chi connectivity index (χ0) is 19.9. The Balaban J connectivity index is 1.72. The lowest BCUT2D eigenvalue weighted by Crippen LogP contribution is -2.17. The number of para-hydroxylation sites is 2. The fraction of sp³-hybridized carbons (Fsp3) is 0.0952. The van der Waals surface area contributed by atoms with Crippen molar-refractivity contribution in [3.63, 3.8) is 0 Å². The van der Waals surface area contributed by atoms with Crippen molar-refractivity contribution in [2.45, 2.75) is 6.92 Å². The predicted octanol–water partition coefficient (Wildman–Crippen LogP) is 4.91.